The average molecular weight is 573 g/mol. The minimum absolute atomic E-state index is 0.588. The van der Waals surface area contributed by atoms with Gasteiger partial charge in [0, 0.05) is 26.2 Å². The van der Waals surface area contributed by atoms with E-state index in [1.165, 1.54) is 64.0 Å². The molecule has 222 valence electrons. The lowest BCUT2D eigenvalue weighted by Gasteiger charge is -2.39. The van der Waals surface area contributed by atoms with Crippen LogP contribution < -0.4 is 4.74 Å². The van der Waals surface area contributed by atoms with Crippen LogP contribution in [0.25, 0.3) is 0 Å². The maximum atomic E-state index is 10.6. The van der Waals surface area contributed by atoms with E-state index in [-0.39, 0.29) is 0 Å². The molecular formula is C25H34F6N2O6. The second-order valence-electron chi connectivity index (χ2n) is 9.95. The molecule has 0 radical (unpaired) electrons. The Hall–Kier alpha value is -2.58. The number of carboxylic acids is 2. The molecule has 0 saturated carbocycles. The van der Waals surface area contributed by atoms with Gasteiger partial charge in [0.25, 0.3) is 0 Å². The number of hydrogen-bond donors (Lipinski definition) is 2. The summed E-state index contributed by atoms with van der Waals surface area (Å²) in [6.45, 7) is 9.35. The zero-order valence-corrected chi connectivity index (χ0v) is 21.6. The van der Waals surface area contributed by atoms with Gasteiger partial charge in [-0.25, -0.2) is 9.59 Å². The maximum absolute atomic E-state index is 10.6. The summed E-state index contributed by atoms with van der Waals surface area (Å²) in [5, 5.41) is 14.2. The van der Waals surface area contributed by atoms with E-state index >= 15 is 0 Å². The van der Waals surface area contributed by atoms with Gasteiger partial charge in [0.1, 0.15) is 5.75 Å². The third-order valence-corrected chi connectivity index (χ3v) is 7.00. The molecule has 8 nitrogen and oxygen atoms in total. The summed E-state index contributed by atoms with van der Waals surface area (Å²) in [6.07, 6.45) is -4.80. The van der Waals surface area contributed by atoms with Gasteiger partial charge in [-0.05, 0) is 74.3 Å². The van der Waals surface area contributed by atoms with E-state index in [9.17, 15) is 26.3 Å². The number of carboxylic acid groups (broad SMARTS) is 2. The lowest BCUT2D eigenvalue weighted by molar-refractivity contribution is -0.193. The fourth-order valence-electron chi connectivity index (χ4n) is 4.90. The monoisotopic (exact) mass is 572 g/mol. The van der Waals surface area contributed by atoms with Gasteiger partial charge in [0.05, 0.1) is 13.7 Å². The molecule has 3 heterocycles. The molecule has 0 amide bonds. The highest BCUT2D eigenvalue weighted by Gasteiger charge is 2.41. The fraction of sp³-hybridized carbons (Fsp3) is 0.680. The predicted molar refractivity (Wildman–Crippen MR) is 127 cm³/mol. The minimum Gasteiger partial charge on any atom is -0.497 e. The van der Waals surface area contributed by atoms with Crippen LogP contribution in [0.5, 0.6) is 5.75 Å². The molecule has 1 aromatic rings. The van der Waals surface area contributed by atoms with E-state index in [1.54, 1.807) is 7.11 Å². The molecule has 0 bridgehead atoms. The Balaban J connectivity index is 0.000000317. The Bertz CT molecular complexity index is 904. The van der Waals surface area contributed by atoms with E-state index in [2.05, 4.69) is 28.0 Å². The molecule has 3 aliphatic heterocycles. The highest BCUT2D eigenvalue weighted by atomic mass is 19.4. The largest absolute Gasteiger partial charge is 0.497 e. The highest BCUT2D eigenvalue weighted by Crippen LogP contribution is 2.41. The van der Waals surface area contributed by atoms with E-state index in [0.717, 1.165) is 31.4 Å². The third kappa shape index (κ3) is 11.2. The third-order valence-electron chi connectivity index (χ3n) is 7.00. The summed E-state index contributed by atoms with van der Waals surface area (Å²) < 4.78 is 74.4. The quantitative estimate of drug-likeness (QED) is 0.505. The second kappa shape index (κ2) is 14.2. The summed E-state index contributed by atoms with van der Waals surface area (Å²) in [6, 6.07) is 8.51. The SMILES string of the molecule is COc1cccc(CN2CCC3(CC2)CCN(CC2CCOC2)C3)c1.O=C(O)C(F)(F)F.O=C(O)C(F)(F)F. The van der Waals surface area contributed by atoms with Crippen LogP contribution in [0.3, 0.4) is 0 Å². The molecule has 3 saturated heterocycles. The molecule has 0 aromatic heterocycles. The first-order valence-corrected chi connectivity index (χ1v) is 12.4. The van der Waals surface area contributed by atoms with E-state index < -0.39 is 24.3 Å². The van der Waals surface area contributed by atoms with Crippen molar-refractivity contribution in [1.29, 1.82) is 0 Å². The number of benzene rings is 1. The van der Waals surface area contributed by atoms with Crippen LogP contribution in [0.15, 0.2) is 24.3 Å². The number of alkyl halides is 6. The van der Waals surface area contributed by atoms with Gasteiger partial charge in [-0.3, -0.25) is 4.90 Å². The number of piperidine rings is 1. The van der Waals surface area contributed by atoms with Crippen molar-refractivity contribution in [2.24, 2.45) is 11.3 Å². The summed E-state index contributed by atoms with van der Waals surface area (Å²) in [5.74, 6) is -3.77. The van der Waals surface area contributed by atoms with E-state index in [0.29, 0.717) is 5.41 Å². The van der Waals surface area contributed by atoms with Crippen molar-refractivity contribution in [3.63, 3.8) is 0 Å². The predicted octanol–water partition coefficient (Wildman–Crippen LogP) is 4.29. The second-order valence-corrected chi connectivity index (χ2v) is 9.95. The van der Waals surface area contributed by atoms with E-state index in [4.69, 9.17) is 29.3 Å². The van der Waals surface area contributed by atoms with Crippen LogP contribution in [0.1, 0.15) is 31.2 Å². The van der Waals surface area contributed by atoms with Gasteiger partial charge >= 0.3 is 24.3 Å². The molecule has 0 aliphatic carbocycles. The number of carbonyl (C=O) groups is 2. The van der Waals surface area contributed by atoms with Crippen LogP contribution in [-0.2, 0) is 20.9 Å². The molecule has 1 spiro atoms. The Morgan fingerprint density at radius 2 is 1.54 bits per heavy atom. The highest BCUT2D eigenvalue weighted by molar-refractivity contribution is 5.73. The van der Waals surface area contributed by atoms with Gasteiger partial charge in [-0.2, -0.15) is 26.3 Å². The Morgan fingerprint density at radius 1 is 1.00 bits per heavy atom. The van der Waals surface area contributed by atoms with Crippen LogP contribution in [0.4, 0.5) is 26.3 Å². The first-order valence-electron chi connectivity index (χ1n) is 12.4. The summed E-state index contributed by atoms with van der Waals surface area (Å²) in [4.78, 5) is 23.1. The van der Waals surface area contributed by atoms with Crippen molar-refractivity contribution in [1.82, 2.24) is 9.80 Å². The maximum Gasteiger partial charge on any atom is 0.490 e. The van der Waals surface area contributed by atoms with Crippen LogP contribution in [-0.4, -0.2) is 97.4 Å². The molecule has 14 heteroatoms. The number of aliphatic carboxylic acids is 2. The Kier molecular flexibility index (Phi) is 11.9. The molecule has 3 fully saturated rings. The zero-order valence-electron chi connectivity index (χ0n) is 21.6. The molecule has 4 rings (SSSR count). The van der Waals surface area contributed by atoms with Gasteiger partial charge in [-0.15, -0.1) is 0 Å². The zero-order chi connectivity index (χ0) is 29.3. The van der Waals surface area contributed by atoms with Gasteiger partial charge in [-0.1, -0.05) is 12.1 Å². The molecule has 2 N–H and O–H groups in total. The smallest absolute Gasteiger partial charge is 0.490 e. The Morgan fingerprint density at radius 3 is 2.00 bits per heavy atom. The van der Waals surface area contributed by atoms with Crippen molar-refractivity contribution in [2.75, 3.05) is 53.0 Å². The van der Waals surface area contributed by atoms with Gasteiger partial charge in [0.15, 0.2) is 0 Å². The first kappa shape index (κ1) is 32.6. The van der Waals surface area contributed by atoms with Gasteiger partial charge < -0.3 is 24.6 Å². The molecule has 1 atom stereocenters. The number of nitrogens with zero attached hydrogens (tertiary/aromatic N) is 2. The summed E-state index contributed by atoms with van der Waals surface area (Å²) in [7, 11) is 1.74. The standard InChI is InChI=1S/C21H32N2O2.2C2HF3O2/c1-24-20-4-2-3-18(13-20)14-22-9-6-21(7-10-22)8-11-23(17-21)15-19-5-12-25-16-19;2*3-2(4,5)1(6)7/h2-4,13,19H,5-12,14-17H2,1H3;2*(H,6,7). The van der Waals surface area contributed by atoms with Crippen LogP contribution >= 0.6 is 0 Å². The van der Waals surface area contributed by atoms with Crippen molar-refractivity contribution in [3.05, 3.63) is 29.8 Å². The van der Waals surface area contributed by atoms with Crippen molar-refractivity contribution in [3.8, 4) is 5.75 Å². The summed E-state index contributed by atoms with van der Waals surface area (Å²) in [5.41, 5.74) is 1.95. The average Bonchev–Trinajstić information content (AvgIpc) is 3.51. The van der Waals surface area contributed by atoms with Crippen molar-refractivity contribution in [2.45, 2.75) is 44.6 Å². The van der Waals surface area contributed by atoms with Gasteiger partial charge in [0.2, 0.25) is 0 Å². The Labute approximate surface area is 222 Å². The summed E-state index contributed by atoms with van der Waals surface area (Å²) >= 11 is 0. The lowest BCUT2D eigenvalue weighted by Crippen LogP contribution is -2.41. The normalized spacial score (nSPS) is 21.5. The molecule has 3 aliphatic rings. The first-order chi connectivity index (χ1) is 18.1. The number of hydrogen-bond acceptors (Lipinski definition) is 6. The molecule has 1 unspecified atom stereocenters. The van der Waals surface area contributed by atoms with Crippen LogP contribution in [0.2, 0.25) is 0 Å². The van der Waals surface area contributed by atoms with E-state index in [1.807, 2.05) is 6.07 Å². The topological polar surface area (TPSA) is 99.5 Å². The minimum atomic E-state index is -5.08. The fourth-order valence-corrected chi connectivity index (χ4v) is 4.90. The van der Waals surface area contributed by atoms with Crippen molar-refractivity contribution < 1.29 is 55.6 Å². The molecular weight excluding hydrogens is 538 g/mol. The number of ether oxygens (including phenoxy) is 2. The van der Waals surface area contributed by atoms with Crippen LogP contribution in [0, 0.1) is 11.3 Å². The number of halogens is 6. The number of likely N-dealkylation sites (tertiary alicyclic amines) is 2. The molecule has 1 aromatic carbocycles. The number of methoxy groups -OCH3 is 1. The lowest BCUT2D eigenvalue weighted by atomic mass is 9.77. The number of rotatable bonds is 5. The molecule has 39 heavy (non-hydrogen) atoms. The van der Waals surface area contributed by atoms with Crippen molar-refractivity contribution >= 4 is 11.9 Å².